The van der Waals surface area contributed by atoms with E-state index in [2.05, 4.69) is 13.8 Å². The highest BCUT2D eigenvalue weighted by Gasteiger charge is 2.97. The van der Waals surface area contributed by atoms with E-state index >= 15 is 0 Å². The Morgan fingerprint density at radius 1 is 1.35 bits per heavy atom. The standard InChI is InChI=1S/C10H13Cl2NO3S/c1-7(2)6-3-4-8(7)5-17(14,15)13-10(8,16-13)9(6,11)12/h6H,3-5H2,1-2H3/t6-,8-,10-,13?/m1/s1. The third kappa shape index (κ3) is 0.778. The quantitative estimate of drug-likeness (QED) is 0.507. The maximum Gasteiger partial charge on any atom is 0.239 e. The van der Waals surface area contributed by atoms with Crippen LogP contribution in [0.4, 0.5) is 0 Å². The number of hydrogen-bond acceptors (Lipinski definition) is 3. The van der Waals surface area contributed by atoms with Crippen molar-refractivity contribution in [2.45, 2.75) is 36.7 Å². The van der Waals surface area contributed by atoms with Crippen LogP contribution in [0.2, 0.25) is 0 Å². The van der Waals surface area contributed by atoms with Gasteiger partial charge in [0.1, 0.15) is 0 Å². The molecule has 17 heavy (non-hydrogen) atoms. The second-order valence-electron chi connectivity index (χ2n) is 6.24. The average Bonchev–Trinajstić information content (AvgIpc) is 2.78. The molecule has 2 heterocycles. The largest absolute Gasteiger partial charge is 0.251 e. The molecule has 4 nitrogen and oxygen atoms in total. The molecule has 0 aromatic heterocycles. The summed E-state index contributed by atoms with van der Waals surface area (Å²) in [4.78, 5) is 5.44. The van der Waals surface area contributed by atoms with Crippen molar-refractivity contribution in [3.63, 3.8) is 0 Å². The second kappa shape index (κ2) is 2.40. The van der Waals surface area contributed by atoms with Gasteiger partial charge in [-0.2, -0.15) is 0 Å². The van der Waals surface area contributed by atoms with E-state index < -0.39 is 25.5 Å². The molecular weight excluding hydrogens is 285 g/mol. The fourth-order valence-corrected chi connectivity index (χ4v) is 8.56. The highest BCUT2D eigenvalue weighted by atomic mass is 35.5. The minimum Gasteiger partial charge on any atom is -0.251 e. The number of alkyl halides is 2. The Bertz CT molecular complexity index is 538. The summed E-state index contributed by atoms with van der Waals surface area (Å²) in [7, 11) is -3.36. The number of hydrogen-bond donors (Lipinski definition) is 0. The predicted molar refractivity (Wildman–Crippen MR) is 62.8 cm³/mol. The van der Waals surface area contributed by atoms with Crippen molar-refractivity contribution in [3.05, 3.63) is 0 Å². The number of hydroxylamine groups is 1. The molecular formula is C10H13Cl2NO3S. The number of rotatable bonds is 0. The maximum atomic E-state index is 12.1. The zero-order valence-corrected chi connectivity index (χ0v) is 11.9. The van der Waals surface area contributed by atoms with Gasteiger partial charge in [-0.3, -0.25) is 4.84 Å². The zero-order valence-electron chi connectivity index (χ0n) is 9.53. The normalized spacial score (nSPS) is 58.8. The van der Waals surface area contributed by atoms with Crippen LogP contribution in [-0.2, 0) is 14.9 Å². The topological polar surface area (TPSA) is 49.7 Å². The summed E-state index contributed by atoms with van der Waals surface area (Å²) in [6.07, 6.45) is 1.69. The molecule has 0 N–H and O–H groups in total. The van der Waals surface area contributed by atoms with Crippen LogP contribution >= 0.6 is 23.2 Å². The Morgan fingerprint density at radius 2 is 2.00 bits per heavy atom. The summed E-state index contributed by atoms with van der Waals surface area (Å²) in [5.41, 5.74) is -1.66. The summed E-state index contributed by atoms with van der Waals surface area (Å²) in [5.74, 6) is 0.198. The predicted octanol–water partition coefficient (Wildman–Crippen LogP) is 1.88. The first-order valence-corrected chi connectivity index (χ1v) is 8.10. The number of halogens is 2. The van der Waals surface area contributed by atoms with Gasteiger partial charge in [-0.25, -0.2) is 8.42 Å². The van der Waals surface area contributed by atoms with Crippen LogP contribution in [0.5, 0.6) is 0 Å². The van der Waals surface area contributed by atoms with Gasteiger partial charge in [0.05, 0.1) is 5.75 Å². The molecule has 2 spiro atoms. The molecule has 0 radical (unpaired) electrons. The van der Waals surface area contributed by atoms with E-state index in [0.717, 1.165) is 17.3 Å². The monoisotopic (exact) mass is 297 g/mol. The first-order valence-electron chi connectivity index (χ1n) is 5.74. The molecule has 2 saturated heterocycles. The van der Waals surface area contributed by atoms with Gasteiger partial charge in [0, 0.05) is 11.3 Å². The molecule has 2 aliphatic carbocycles. The molecule has 2 aliphatic heterocycles. The van der Waals surface area contributed by atoms with Gasteiger partial charge < -0.3 is 0 Å². The molecule has 7 heteroatoms. The molecule has 4 rings (SSSR count). The van der Waals surface area contributed by atoms with E-state index in [1.54, 1.807) is 0 Å². The highest BCUT2D eigenvalue weighted by Crippen LogP contribution is 2.85. The van der Waals surface area contributed by atoms with E-state index in [1.165, 1.54) is 0 Å². The maximum absolute atomic E-state index is 12.1. The van der Waals surface area contributed by atoms with Crippen LogP contribution < -0.4 is 0 Å². The van der Waals surface area contributed by atoms with Crippen molar-refractivity contribution in [1.29, 1.82) is 0 Å². The lowest BCUT2D eigenvalue weighted by Crippen LogP contribution is -2.48. The Morgan fingerprint density at radius 3 is 2.53 bits per heavy atom. The van der Waals surface area contributed by atoms with Gasteiger partial charge >= 0.3 is 0 Å². The fraction of sp³-hybridized carbons (Fsp3) is 1.00. The van der Waals surface area contributed by atoms with E-state index in [4.69, 9.17) is 28.0 Å². The zero-order chi connectivity index (χ0) is 12.5. The Kier molecular flexibility index (Phi) is 1.59. The van der Waals surface area contributed by atoms with Crippen LogP contribution in [0, 0.1) is 16.7 Å². The van der Waals surface area contributed by atoms with Crippen molar-refractivity contribution in [3.8, 4) is 0 Å². The van der Waals surface area contributed by atoms with E-state index in [0.29, 0.717) is 0 Å². The third-order valence-corrected chi connectivity index (χ3v) is 8.36. The molecule has 1 unspecified atom stereocenters. The van der Waals surface area contributed by atoms with Gasteiger partial charge in [0.25, 0.3) is 0 Å². The lowest BCUT2D eigenvalue weighted by molar-refractivity contribution is 0.0704. The van der Waals surface area contributed by atoms with Crippen molar-refractivity contribution in [2.24, 2.45) is 16.7 Å². The van der Waals surface area contributed by atoms with Crippen LogP contribution in [0.3, 0.4) is 0 Å². The summed E-state index contributed by atoms with van der Waals surface area (Å²) < 4.78 is 24.1. The lowest BCUT2D eigenvalue weighted by atomic mass is 9.68. The molecule has 2 saturated carbocycles. The second-order valence-corrected chi connectivity index (χ2v) is 9.41. The van der Waals surface area contributed by atoms with Crippen LogP contribution in [0.1, 0.15) is 26.7 Å². The first-order chi connectivity index (χ1) is 7.64. The number of sulfonamides is 1. The number of nitrogens with zero attached hydrogens (tertiary/aromatic N) is 1. The van der Waals surface area contributed by atoms with Gasteiger partial charge in [-0.05, 0) is 22.7 Å². The molecule has 4 aliphatic rings. The fourth-order valence-electron chi connectivity index (χ4n) is 4.73. The van der Waals surface area contributed by atoms with Crippen molar-refractivity contribution in [2.75, 3.05) is 5.75 Å². The highest BCUT2D eigenvalue weighted by molar-refractivity contribution is 7.89. The summed E-state index contributed by atoms with van der Waals surface area (Å²) in [5, 5.41) is 0. The van der Waals surface area contributed by atoms with Crippen LogP contribution in [0.15, 0.2) is 0 Å². The molecule has 0 aromatic rings. The van der Waals surface area contributed by atoms with Crippen molar-refractivity contribution < 1.29 is 13.3 Å². The molecule has 96 valence electrons. The molecule has 0 aromatic carbocycles. The van der Waals surface area contributed by atoms with Gasteiger partial charge in [-0.1, -0.05) is 37.0 Å². The first kappa shape index (κ1) is 11.3. The number of fused-ring (bicyclic) bond motifs is 1. The van der Waals surface area contributed by atoms with Gasteiger partial charge in [-0.15, -0.1) is 0 Å². The van der Waals surface area contributed by atoms with Gasteiger partial charge in [0.15, 0.2) is 4.33 Å². The van der Waals surface area contributed by atoms with Crippen LogP contribution in [0.25, 0.3) is 0 Å². The summed E-state index contributed by atoms with van der Waals surface area (Å²) in [6.45, 7) is 4.14. The average molecular weight is 298 g/mol. The molecule has 0 amide bonds. The summed E-state index contributed by atoms with van der Waals surface area (Å²) in [6, 6.07) is 0. The molecule has 4 fully saturated rings. The molecule has 2 bridgehead atoms. The third-order valence-electron chi connectivity index (χ3n) is 5.62. The van der Waals surface area contributed by atoms with Gasteiger partial charge in [0.2, 0.25) is 15.7 Å². The lowest BCUT2D eigenvalue weighted by Gasteiger charge is -2.36. The van der Waals surface area contributed by atoms with Crippen molar-refractivity contribution in [1.82, 2.24) is 4.47 Å². The molecule has 4 atom stereocenters. The van der Waals surface area contributed by atoms with E-state index in [1.807, 2.05) is 0 Å². The Labute approximate surface area is 110 Å². The SMILES string of the molecule is CC1(C)[C@H]2CC[C@@]13CS(=O)(=O)N1O[C@]13C2(Cl)Cl. The van der Waals surface area contributed by atoms with E-state index in [9.17, 15) is 8.42 Å². The summed E-state index contributed by atoms with van der Waals surface area (Å²) >= 11 is 13.0. The Balaban J connectivity index is 2.05. The smallest absolute Gasteiger partial charge is 0.239 e. The van der Waals surface area contributed by atoms with E-state index in [-0.39, 0.29) is 17.1 Å². The minimum atomic E-state index is -3.36. The Hall–Kier alpha value is 0.450. The van der Waals surface area contributed by atoms with Crippen molar-refractivity contribution >= 4 is 33.2 Å². The minimum absolute atomic E-state index is 0.0823. The van der Waals surface area contributed by atoms with Crippen LogP contribution in [-0.4, -0.2) is 28.7 Å².